The van der Waals surface area contributed by atoms with Crippen molar-refractivity contribution in [2.24, 2.45) is 4.99 Å². The van der Waals surface area contributed by atoms with Gasteiger partial charge in [-0.1, -0.05) is 68.4 Å². The average Bonchev–Trinajstić information content (AvgIpc) is 3.49. The number of aromatic amines is 1. The molecule has 0 aliphatic carbocycles. The molecule has 49 heavy (non-hydrogen) atoms. The molecule has 9 heteroatoms. The molecule has 0 saturated carbocycles. The van der Waals surface area contributed by atoms with Gasteiger partial charge in [0.2, 0.25) is 0 Å². The van der Waals surface area contributed by atoms with Gasteiger partial charge in [-0.15, -0.1) is 0 Å². The minimum Gasteiger partial charge on any atom is -0.351 e. The van der Waals surface area contributed by atoms with Crippen LogP contribution in [0.15, 0.2) is 107 Å². The maximum atomic E-state index is 13.0. The molecule has 2 aliphatic rings. The fourth-order valence-corrected chi connectivity index (χ4v) is 7.18. The van der Waals surface area contributed by atoms with Crippen molar-refractivity contribution in [1.29, 1.82) is 0 Å². The maximum absolute atomic E-state index is 13.0. The number of benzene rings is 4. The van der Waals surface area contributed by atoms with E-state index in [2.05, 4.69) is 75.2 Å². The number of carbonyl (C=O) groups is 1. The van der Waals surface area contributed by atoms with E-state index >= 15 is 0 Å². The van der Waals surface area contributed by atoms with Crippen LogP contribution in [0.3, 0.4) is 0 Å². The lowest BCUT2D eigenvalue weighted by Crippen LogP contribution is -2.36. The van der Waals surface area contributed by atoms with Crippen LogP contribution in [0.4, 0.5) is 11.4 Å². The number of piperidine rings is 1. The maximum Gasteiger partial charge on any atom is 0.326 e. The van der Waals surface area contributed by atoms with Gasteiger partial charge in [-0.3, -0.25) is 14.3 Å². The molecule has 3 heterocycles. The molecule has 1 saturated heterocycles. The number of nitrogens with zero attached hydrogens (tertiary/aromatic N) is 5. The number of aliphatic imine (C=N–C) groups is 1. The number of rotatable bonds is 11. The van der Waals surface area contributed by atoms with E-state index in [1.807, 2.05) is 65.2 Å². The number of nitrogens with one attached hydrogen (secondary N) is 2. The zero-order valence-electron chi connectivity index (χ0n) is 28.4. The number of carbonyl (C=O) groups excluding carboxylic acids is 1. The quantitative estimate of drug-likeness (QED) is 0.174. The van der Waals surface area contributed by atoms with Crippen LogP contribution in [0.25, 0.3) is 11.0 Å². The summed E-state index contributed by atoms with van der Waals surface area (Å²) in [5.74, 6) is 0.842. The van der Waals surface area contributed by atoms with Crippen LogP contribution in [0.1, 0.15) is 59.8 Å². The molecule has 0 unspecified atom stereocenters. The Morgan fingerprint density at radius 3 is 2.41 bits per heavy atom. The van der Waals surface area contributed by atoms with E-state index in [-0.39, 0.29) is 17.6 Å². The smallest absolute Gasteiger partial charge is 0.326 e. The largest absolute Gasteiger partial charge is 0.351 e. The predicted molar refractivity (Wildman–Crippen MR) is 198 cm³/mol. The molecule has 0 radical (unpaired) electrons. The average molecular weight is 656 g/mol. The Hall–Kier alpha value is -4.99. The molecule has 2 N–H and O–H groups in total. The molecule has 1 fully saturated rings. The van der Waals surface area contributed by atoms with Crippen LogP contribution in [0.5, 0.6) is 0 Å². The Bertz CT molecular complexity index is 1990. The summed E-state index contributed by atoms with van der Waals surface area (Å²) in [6.07, 6.45) is 1.89. The lowest BCUT2D eigenvalue weighted by molar-refractivity contribution is 0.0949. The molecule has 0 bridgehead atoms. The Kier molecular flexibility index (Phi) is 9.72. The number of anilines is 1. The SMILES string of the molecule is CCN(CC)CCNC(=O)c1ccc2c(c1)CN(c1ccccc1)C(c1ccc(CN3CCC(n4c(=O)[nH]c5ccccc54)CC3)cc1)=N2. The van der Waals surface area contributed by atoms with E-state index < -0.39 is 0 Å². The monoisotopic (exact) mass is 655 g/mol. The third-order valence-electron chi connectivity index (χ3n) is 9.99. The predicted octanol–water partition coefficient (Wildman–Crippen LogP) is 6.34. The Morgan fingerprint density at radius 1 is 0.918 bits per heavy atom. The highest BCUT2D eigenvalue weighted by Crippen LogP contribution is 2.33. The summed E-state index contributed by atoms with van der Waals surface area (Å²) in [7, 11) is 0. The van der Waals surface area contributed by atoms with E-state index in [1.54, 1.807) is 0 Å². The van der Waals surface area contributed by atoms with Crippen molar-refractivity contribution in [3.8, 4) is 0 Å². The summed E-state index contributed by atoms with van der Waals surface area (Å²) in [4.78, 5) is 40.9. The molecule has 2 aliphatic heterocycles. The number of hydrogen-bond acceptors (Lipinski definition) is 6. The van der Waals surface area contributed by atoms with Crippen molar-refractivity contribution in [3.63, 3.8) is 0 Å². The Morgan fingerprint density at radius 2 is 1.65 bits per heavy atom. The molecule has 7 rings (SSSR count). The zero-order valence-corrected chi connectivity index (χ0v) is 28.4. The van der Waals surface area contributed by atoms with Crippen molar-refractivity contribution in [3.05, 3.63) is 130 Å². The fraction of sp³-hybridized carbons (Fsp3) is 0.325. The van der Waals surface area contributed by atoms with Crippen LogP contribution < -0.4 is 15.9 Å². The highest BCUT2D eigenvalue weighted by molar-refractivity contribution is 6.12. The highest BCUT2D eigenvalue weighted by atomic mass is 16.2. The normalized spacial score (nSPS) is 15.4. The van der Waals surface area contributed by atoms with Gasteiger partial charge in [-0.05, 0) is 79.5 Å². The standard InChI is InChI=1S/C40H45N7O2/c1-3-44(4-2)25-22-41-39(48)31-18-19-35-32(26-31)28-46(33-10-6-5-7-11-33)38(42-35)30-16-14-29(15-17-30)27-45-23-20-34(21-24-45)47-37-13-9-8-12-36(37)43-40(47)49/h5-19,26,34H,3-4,20-25,27-28H2,1-2H3,(H,41,48)(H,43,49). The molecule has 252 valence electrons. The van der Waals surface area contributed by atoms with Gasteiger partial charge in [-0.25, -0.2) is 9.79 Å². The lowest BCUT2D eigenvalue weighted by Gasteiger charge is -2.33. The molecular formula is C40H45N7O2. The van der Waals surface area contributed by atoms with Crippen LogP contribution in [-0.4, -0.2) is 70.4 Å². The van der Waals surface area contributed by atoms with E-state index in [9.17, 15) is 9.59 Å². The number of imidazole rings is 1. The second kappa shape index (κ2) is 14.6. The van der Waals surface area contributed by atoms with Crippen molar-refractivity contribution in [1.82, 2.24) is 24.7 Å². The number of likely N-dealkylation sites (tertiary alicyclic amines) is 1. The van der Waals surface area contributed by atoms with E-state index in [1.165, 1.54) is 5.56 Å². The Balaban J connectivity index is 1.05. The van der Waals surface area contributed by atoms with E-state index in [0.29, 0.717) is 18.7 Å². The van der Waals surface area contributed by atoms with Gasteiger partial charge in [0.1, 0.15) is 5.84 Å². The number of likely N-dealkylation sites (N-methyl/N-ethyl adjacent to an activating group) is 1. The summed E-state index contributed by atoms with van der Waals surface area (Å²) < 4.78 is 1.95. The lowest BCUT2D eigenvalue weighted by atomic mass is 10.0. The first-order valence-electron chi connectivity index (χ1n) is 17.6. The third kappa shape index (κ3) is 7.09. The van der Waals surface area contributed by atoms with Crippen molar-refractivity contribution in [2.45, 2.75) is 45.8 Å². The van der Waals surface area contributed by atoms with Crippen molar-refractivity contribution < 1.29 is 4.79 Å². The van der Waals surface area contributed by atoms with Crippen LogP contribution >= 0.6 is 0 Å². The fourth-order valence-electron chi connectivity index (χ4n) is 7.18. The van der Waals surface area contributed by atoms with Gasteiger partial charge in [0.25, 0.3) is 5.91 Å². The molecule has 9 nitrogen and oxygen atoms in total. The molecular weight excluding hydrogens is 610 g/mol. The number of para-hydroxylation sites is 3. The molecule has 0 atom stereocenters. The minimum absolute atomic E-state index is 0.0135. The molecule has 4 aromatic carbocycles. The van der Waals surface area contributed by atoms with E-state index in [0.717, 1.165) is 91.5 Å². The number of fused-ring (bicyclic) bond motifs is 2. The second-order valence-corrected chi connectivity index (χ2v) is 13.0. The van der Waals surface area contributed by atoms with Gasteiger partial charge >= 0.3 is 5.69 Å². The molecule has 5 aromatic rings. The number of H-pyrrole nitrogens is 1. The zero-order chi connectivity index (χ0) is 33.7. The summed E-state index contributed by atoms with van der Waals surface area (Å²) in [5.41, 5.74) is 7.82. The summed E-state index contributed by atoms with van der Waals surface area (Å²) in [6, 6.07) is 33.1. The number of hydrogen-bond donors (Lipinski definition) is 2. The van der Waals surface area contributed by atoms with Crippen molar-refractivity contribution in [2.75, 3.05) is 44.2 Å². The van der Waals surface area contributed by atoms with Gasteiger partial charge in [0.05, 0.1) is 23.3 Å². The van der Waals surface area contributed by atoms with Gasteiger partial charge in [-0.2, -0.15) is 0 Å². The Labute approximate surface area is 287 Å². The molecule has 1 amide bonds. The highest BCUT2D eigenvalue weighted by Gasteiger charge is 2.26. The summed E-state index contributed by atoms with van der Waals surface area (Å²) in [5, 5.41) is 3.09. The topological polar surface area (TPSA) is 89.0 Å². The first-order chi connectivity index (χ1) is 24.0. The van der Waals surface area contributed by atoms with Crippen LogP contribution in [0.2, 0.25) is 0 Å². The van der Waals surface area contributed by atoms with Crippen LogP contribution in [0, 0.1) is 0 Å². The van der Waals surface area contributed by atoms with Gasteiger partial charge < -0.3 is 20.1 Å². The van der Waals surface area contributed by atoms with E-state index in [4.69, 9.17) is 4.99 Å². The van der Waals surface area contributed by atoms with Gasteiger partial charge in [0, 0.05) is 55.6 Å². The molecule has 0 spiro atoms. The second-order valence-electron chi connectivity index (χ2n) is 13.0. The summed E-state index contributed by atoms with van der Waals surface area (Å²) >= 11 is 0. The van der Waals surface area contributed by atoms with Gasteiger partial charge in [0.15, 0.2) is 0 Å². The number of aromatic nitrogens is 2. The number of amidine groups is 1. The first kappa shape index (κ1) is 32.6. The number of amides is 1. The molecule has 1 aromatic heterocycles. The third-order valence-corrected chi connectivity index (χ3v) is 9.99. The first-order valence-corrected chi connectivity index (χ1v) is 17.6. The summed E-state index contributed by atoms with van der Waals surface area (Å²) in [6.45, 7) is 11.1. The minimum atomic E-state index is -0.0531. The van der Waals surface area contributed by atoms with Crippen LogP contribution in [-0.2, 0) is 13.1 Å². The van der Waals surface area contributed by atoms with Crippen molar-refractivity contribution >= 4 is 34.2 Å².